The highest BCUT2D eigenvalue weighted by Crippen LogP contribution is 2.24. The Hall–Kier alpha value is -2.47. The highest BCUT2D eigenvalue weighted by atomic mass is 32.2. The maximum atomic E-state index is 12.2. The number of benzene rings is 2. The zero-order chi connectivity index (χ0) is 19.1. The number of ether oxygens (including phenoxy) is 1. The molecule has 2 rings (SSSR count). The molecule has 5 nitrogen and oxygen atoms in total. The van der Waals surface area contributed by atoms with E-state index in [0.717, 1.165) is 21.7 Å². The topological polar surface area (TPSA) is 58.6 Å². The molecule has 0 aliphatic heterocycles. The van der Waals surface area contributed by atoms with Crippen LogP contribution in [-0.2, 0) is 9.59 Å². The van der Waals surface area contributed by atoms with Gasteiger partial charge in [-0.1, -0.05) is 24.3 Å². The van der Waals surface area contributed by atoms with Gasteiger partial charge in [0.1, 0.15) is 5.75 Å². The Morgan fingerprint density at radius 3 is 2.62 bits per heavy atom. The lowest BCUT2D eigenvalue weighted by molar-refractivity contribution is -0.135. The largest absolute Gasteiger partial charge is 0.483 e. The van der Waals surface area contributed by atoms with E-state index in [0.29, 0.717) is 5.75 Å². The standard InChI is InChI=1S/C20H24N2O3S/c1-14-9-10-15(2)17(11-14)25-13-20(24)22(3)12-19(23)21-16-7-5-6-8-18(16)26-4/h5-11H,12-13H2,1-4H3,(H,21,23). The number of hydrogen-bond donors (Lipinski definition) is 1. The van der Waals surface area contributed by atoms with Crippen molar-refractivity contribution in [2.45, 2.75) is 18.7 Å². The fourth-order valence-electron chi connectivity index (χ4n) is 2.35. The fourth-order valence-corrected chi connectivity index (χ4v) is 2.91. The molecular weight excluding hydrogens is 348 g/mol. The second-order valence-corrected chi connectivity index (χ2v) is 6.90. The molecule has 0 heterocycles. The third-order valence-corrected chi connectivity index (χ3v) is 4.68. The number of aryl methyl sites for hydroxylation is 2. The molecule has 26 heavy (non-hydrogen) atoms. The summed E-state index contributed by atoms with van der Waals surface area (Å²) in [6.45, 7) is 3.77. The number of anilines is 1. The molecule has 0 saturated heterocycles. The van der Waals surface area contributed by atoms with E-state index in [1.54, 1.807) is 18.8 Å². The molecule has 2 aromatic rings. The van der Waals surface area contributed by atoms with Gasteiger partial charge < -0.3 is 15.0 Å². The lowest BCUT2D eigenvalue weighted by Gasteiger charge is -2.18. The molecule has 0 bridgehead atoms. The number of rotatable bonds is 7. The Bertz CT molecular complexity index is 792. The number of thioether (sulfide) groups is 1. The summed E-state index contributed by atoms with van der Waals surface area (Å²) in [7, 11) is 1.59. The number of hydrogen-bond acceptors (Lipinski definition) is 4. The van der Waals surface area contributed by atoms with Gasteiger partial charge in [0.15, 0.2) is 6.61 Å². The van der Waals surface area contributed by atoms with Crippen LogP contribution in [0.15, 0.2) is 47.4 Å². The summed E-state index contributed by atoms with van der Waals surface area (Å²) in [6.07, 6.45) is 1.95. The maximum absolute atomic E-state index is 12.2. The molecule has 0 radical (unpaired) electrons. The van der Waals surface area contributed by atoms with Gasteiger partial charge in [-0.3, -0.25) is 9.59 Å². The Morgan fingerprint density at radius 2 is 1.88 bits per heavy atom. The number of carbonyl (C=O) groups excluding carboxylic acids is 2. The van der Waals surface area contributed by atoms with Crippen molar-refractivity contribution in [3.63, 3.8) is 0 Å². The molecule has 0 fully saturated rings. The Balaban J connectivity index is 1.88. The zero-order valence-electron chi connectivity index (χ0n) is 15.5. The third kappa shape index (κ3) is 5.52. The maximum Gasteiger partial charge on any atom is 0.260 e. The molecule has 0 atom stereocenters. The molecule has 0 aliphatic rings. The van der Waals surface area contributed by atoms with Gasteiger partial charge in [-0.25, -0.2) is 0 Å². The van der Waals surface area contributed by atoms with Crippen LogP contribution < -0.4 is 10.1 Å². The second kappa shape index (κ2) is 9.29. The van der Waals surface area contributed by atoms with Gasteiger partial charge >= 0.3 is 0 Å². The summed E-state index contributed by atoms with van der Waals surface area (Å²) < 4.78 is 5.61. The number of nitrogens with zero attached hydrogens (tertiary/aromatic N) is 1. The summed E-state index contributed by atoms with van der Waals surface area (Å²) in [5.41, 5.74) is 2.79. The molecule has 1 N–H and O–H groups in total. The highest BCUT2D eigenvalue weighted by molar-refractivity contribution is 7.98. The first-order chi connectivity index (χ1) is 12.4. The minimum absolute atomic E-state index is 0.0301. The SMILES string of the molecule is CSc1ccccc1NC(=O)CN(C)C(=O)COc1cc(C)ccc1C. The van der Waals surface area contributed by atoms with Crippen LogP contribution in [0, 0.1) is 13.8 Å². The lowest BCUT2D eigenvalue weighted by Crippen LogP contribution is -2.37. The van der Waals surface area contributed by atoms with Crippen LogP contribution in [-0.4, -0.2) is 43.2 Å². The predicted molar refractivity (Wildman–Crippen MR) is 106 cm³/mol. The summed E-state index contributed by atoms with van der Waals surface area (Å²) in [6, 6.07) is 13.4. The first-order valence-electron chi connectivity index (χ1n) is 8.27. The van der Waals surface area contributed by atoms with Crippen molar-refractivity contribution >= 4 is 29.3 Å². The van der Waals surface area contributed by atoms with Crippen LogP contribution in [0.25, 0.3) is 0 Å². The van der Waals surface area contributed by atoms with Gasteiger partial charge in [-0.2, -0.15) is 0 Å². The molecule has 2 amide bonds. The molecule has 0 aliphatic carbocycles. The minimum Gasteiger partial charge on any atom is -0.483 e. The van der Waals surface area contributed by atoms with Crippen LogP contribution in [0.4, 0.5) is 5.69 Å². The van der Waals surface area contributed by atoms with E-state index in [2.05, 4.69) is 5.32 Å². The molecule has 0 saturated carbocycles. The van der Waals surface area contributed by atoms with Gasteiger partial charge in [-0.05, 0) is 49.4 Å². The second-order valence-electron chi connectivity index (χ2n) is 6.06. The molecule has 0 aromatic heterocycles. The average molecular weight is 372 g/mol. The van der Waals surface area contributed by atoms with E-state index in [1.165, 1.54) is 4.90 Å². The average Bonchev–Trinajstić information content (AvgIpc) is 2.62. The smallest absolute Gasteiger partial charge is 0.260 e. The molecule has 0 spiro atoms. The van der Waals surface area contributed by atoms with Crippen molar-refractivity contribution in [2.75, 3.05) is 31.8 Å². The van der Waals surface area contributed by atoms with Crippen molar-refractivity contribution in [1.29, 1.82) is 0 Å². The van der Waals surface area contributed by atoms with E-state index in [-0.39, 0.29) is 25.0 Å². The van der Waals surface area contributed by atoms with Gasteiger partial charge in [0.2, 0.25) is 5.91 Å². The Labute approximate surface area is 158 Å². The summed E-state index contributed by atoms with van der Waals surface area (Å²) in [4.78, 5) is 26.8. The minimum atomic E-state index is -0.251. The molecule has 6 heteroatoms. The number of para-hydroxylation sites is 1. The first-order valence-corrected chi connectivity index (χ1v) is 9.50. The Morgan fingerprint density at radius 1 is 1.15 bits per heavy atom. The summed E-state index contributed by atoms with van der Waals surface area (Å²) in [5.74, 6) is 0.193. The van der Waals surface area contributed by atoms with Gasteiger partial charge in [-0.15, -0.1) is 11.8 Å². The normalized spacial score (nSPS) is 10.3. The predicted octanol–water partition coefficient (Wildman–Crippen LogP) is 3.50. The molecule has 138 valence electrons. The van der Waals surface area contributed by atoms with E-state index >= 15 is 0 Å². The van der Waals surface area contributed by atoms with Crippen LogP contribution in [0.5, 0.6) is 5.75 Å². The van der Waals surface area contributed by atoms with Crippen molar-refractivity contribution in [1.82, 2.24) is 4.90 Å². The fraction of sp³-hybridized carbons (Fsp3) is 0.300. The number of likely N-dealkylation sites (N-methyl/N-ethyl adjacent to an activating group) is 1. The van der Waals surface area contributed by atoms with Crippen LogP contribution in [0.2, 0.25) is 0 Å². The Kier molecular flexibility index (Phi) is 7.09. The van der Waals surface area contributed by atoms with E-state index in [4.69, 9.17) is 4.74 Å². The van der Waals surface area contributed by atoms with E-state index < -0.39 is 0 Å². The van der Waals surface area contributed by atoms with Gasteiger partial charge in [0.25, 0.3) is 5.91 Å². The van der Waals surface area contributed by atoms with Crippen molar-refractivity contribution in [3.05, 3.63) is 53.6 Å². The van der Waals surface area contributed by atoms with Crippen LogP contribution in [0.3, 0.4) is 0 Å². The van der Waals surface area contributed by atoms with Crippen molar-refractivity contribution < 1.29 is 14.3 Å². The van der Waals surface area contributed by atoms with E-state index in [9.17, 15) is 9.59 Å². The number of nitrogens with one attached hydrogen (secondary N) is 1. The lowest BCUT2D eigenvalue weighted by atomic mass is 10.1. The molecule has 0 unspecified atom stereocenters. The van der Waals surface area contributed by atoms with Gasteiger partial charge in [0, 0.05) is 11.9 Å². The van der Waals surface area contributed by atoms with Crippen molar-refractivity contribution in [2.24, 2.45) is 0 Å². The highest BCUT2D eigenvalue weighted by Gasteiger charge is 2.15. The van der Waals surface area contributed by atoms with Crippen LogP contribution in [0.1, 0.15) is 11.1 Å². The number of amides is 2. The van der Waals surface area contributed by atoms with Gasteiger partial charge in [0.05, 0.1) is 12.2 Å². The van der Waals surface area contributed by atoms with Crippen molar-refractivity contribution in [3.8, 4) is 5.75 Å². The first kappa shape index (κ1) is 19.8. The summed E-state index contributed by atoms with van der Waals surface area (Å²) >= 11 is 1.56. The molecular formula is C20H24N2O3S. The number of carbonyl (C=O) groups is 2. The zero-order valence-corrected chi connectivity index (χ0v) is 16.4. The third-order valence-electron chi connectivity index (χ3n) is 3.88. The monoisotopic (exact) mass is 372 g/mol. The van der Waals surface area contributed by atoms with E-state index in [1.807, 2.05) is 62.6 Å². The van der Waals surface area contributed by atoms with Crippen LogP contribution >= 0.6 is 11.8 Å². The quantitative estimate of drug-likeness (QED) is 0.756. The summed E-state index contributed by atoms with van der Waals surface area (Å²) in [5, 5.41) is 2.84. The molecule has 2 aromatic carbocycles.